The summed E-state index contributed by atoms with van der Waals surface area (Å²) in [4.78, 5) is 11.3. The van der Waals surface area contributed by atoms with Crippen LogP contribution in [0.15, 0.2) is 12.7 Å². The van der Waals surface area contributed by atoms with Gasteiger partial charge in [-0.05, 0) is 20.8 Å². The second kappa shape index (κ2) is 6.85. The maximum Gasteiger partial charge on any atom is 0.407 e. The van der Waals surface area contributed by atoms with E-state index in [9.17, 15) is 4.79 Å². The average molecular weight is 225 g/mol. The third-order valence-corrected chi connectivity index (χ3v) is 1.51. The lowest BCUT2D eigenvalue weighted by Crippen LogP contribution is -2.42. The van der Waals surface area contributed by atoms with Crippen molar-refractivity contribution in [2.75, 3.05) is 13.1 Å². The predicted molar refractivity (Wildman–Crippen MR) is 61.8 cm³/mol. The van der Waals surface area contributed by atoms with Crippen LogP contribution in [0.1, 0.15) is 20.8 Å². The molecule has 1 atom stereocenters. The molecule has 0 aromatic rings. The zero-order valence-corrected chi connectivity index (χ0v) is 10.0. The lowest BCUT2D eigenvalue weighted by Gasteiger charge is -2.20. The molecular weight excluding hydrogens is 206 g/mol. The standard InChI is InChI=1S/C11H19N3O2/c1-5-6-13-9(7-12)8-14-10(15)16-11(2,3)4/h5,9,13H,1,6,8H2,2-4H3,(H,14,15). The number of rotatable bonds is 5. The Balaban J connectivity index is 3.89. The SMILES string of the molecule is C=CCNC(C#N)CNC(=O)OC(C)(C)C. The van der Waals surface area contributed by atoms with Crippen LogP contribution in [-0.2, 0) is 4.74 Å². The number of hydrogen-bond donors (Lipinski definition) is 2. The summed E-state index contributed by atoms with van der Waals surface area (Å²) in [5, 5.41) is 14.2. The molecule has 16 heavy (non-hydrogen) atoms. The maximum absolute atomic E-state index is 11.3. The third kappa shape index (κ3) is 7.83. The largest absolute Gasteiger partial charge is 0.444 e. The summed E-state index contributed by atoms with van der Waals surface area (Å²) in [6.45, 7) is 9.60. The Morgan fingerprint density at radius 1 is 1.62 bits per heavy atom. The van der Waals surface area contributed by atoms with Gasteiger partial charge in [0.1, 0.15) is 11.6 Å². The summed E-state index contributed by atoms with van der Waals surface area (Å²) in [5.41, 5.74) is -0.527. The Bertz CT molecular complexity index is 276. The summed E-state index contributed by atoms with van der Waals surface area (Å²) in [6, 6.07) is 1.59. The monoisotopic (exact) mass is 225 g/mol. The molecule has 0 fully saturated rings. The van der Waals surface area contributed by atoms with Gasteiger partial charge in [0.15, 0.2) is 0 Å². The fourth-order valence-corrected chi connectivity index (χ4v) is 0.889. The number of carbonyl (C=O) groups is 1. The molecule has 0 rings (SSSR count). The molecule has 0 aliphatic carbocycles. The Kier molecular flexibility index (Phi) is 6.19. The molecule has 0 aliphatic heterocycles. The highest BCUT2D eigenvalue weighted by atomic mass is 16.6. The first-order valence-electron chi connectivity index (χ1n) is 5.10. The highest BCUT2D eigenvalue weighted by Gasteiger charge is 2.16. The zero-order valence-electron chi connectivity index (χ0n) is 10.0. The van der Waals surface area contributed by atoms with Gasteiger partial charge in [-0.3, -0.25) is 5.32 Å². The van der Waals surface area contributed by atoms with Gasteiger partial charge in [-0.15, -0.1) is 6.58 Å². The molecule has 5 heteroatoms. The van der Waals surface area contributed by atoms with Gasteiger partial charge in [0.2, 0.25) is 0 Å². The molecule has 0 aromatic carbocycles. The number of alkyl carbamates (subject to hydrolysis) is 1. The minimum Gasteiger partial charge on any atom is -0.444 e. The molecule has 5 nitrogen and oxygen atoms in total. The number of hydrogen-bond acceptors (Lipinski definition) is 4. The van der Waals surface area contributed by atoms with Crippen LogP contribution in [-0.4, -0.2) is 30.8 Å². The van der Waals surface area contributed by atoms with E-state index in [2.05, 4.69) is 17.2 Å². The molecule has 0 radical (unpaired) electrons. The summed E-state index contributed by atoms with van der Waals surface area (Å²) in [5.74, 6) is 0. The topological polar surface area (TPSA) is 74.2 Å². The quantitative estimate of drug-likeness (QED) is 0.689. The van der Waals surface area contributed by atoms with Crippen molar-refractivity contribution >= 4 is 6.09 Å². The minimum atomic E-state index is -0.527. The molecule has 0 heterocycles. The van der Waals surface area contributed by atoms with E-state index >= 15 is 0 Å². The van der Waals surface area contributed by atoms with Gasteiger partial charge in [0.05, 0.1) is 6.07 Å². The molecule has 2 N–H and O–H groups in total. The number of nitrogens with zero attached hydrogens (tertiary/aromatic N) is 1. The summed E-state index contributed by atoms with van der Waals surface area (Å²) in [6.07, 6.45) is 1.13. The van der Waals surface area contributed by atoms with Crippen molar-refractivity contribution in [1.82, 2.24) is 10.6 Å². The van der Waals surface area contributed by atoms with Crippen LogP contribution in [0, 0.1) is 11.3 Å². The first-order chi connectivity index (χ1) is 7.39. The van der Waals surface area contributed by atoms with Crippen molar-refractivity contribution in [3.63, 3.8) is 0 Å². The Labute approximate surface area is 96.5 Å². The van der Waals surface area contributed by atoms with Crippen molar-refractivity contribution in [3.8, 4) is 6.07 Å². The van der Waals surface area contributed by atoms with E-state index < -0.39 is 17.7 Å². The zero-order chi connectivity index (χ0) is 12.6. The van der Waals surface area contributed by atoms with E-state index in [0.29, 0.717) is 6.54 Å². The van der Waals surface area contributed by atoms with Crippen LogP contribution in [0.25, 0.3) is 0 Å². The van der Waals surface area contributed by atoms with Crippen molar-refractivity contribution in [2.24, 2.45) is 0 Å². The highest BCUT2D eigenvalue weighted by Crippen LogP contribution is 2.06. The van der Waals surface area contributed by atoms with Gasteiger partial charge < -0.3 is 10.1 Å². The van der Waals surface area contributed by atoms with Crippen molar-refractivity contribution in [2.45, 2.75) is 32.4 Å². The molecule has 90 valence electrons. The van der Waals surface area contributed by atoms with Gasteiger partial charge in [-0.25, -0.2) is 4.79 Å². The van der Waals surface area contributed by atoms with Crippen LogP contribution in [0.4, 0.5) is 4.79 Å². The van der Waals surface area contributed by atoms with Gasteiger partial charge in [-0.2, -0.15) is 5.26 Å². The molecule has 0 aromatic heterocycles. The van der Waals surface area contributed by atoms with E-state index in [1.54, 1.807) is 26.8 Å². The fraction of sp³-hybridized carbons (Fsp3) is 0.636. The Morgan fingerprint density at radius 3 is 2.69 bits per heavy atom. The highest BCUT2D eigenvalue weighted by molar-refractivity contribution is 5.67. The number of ether oxygens (including phenoxy) is 1. The van der Waals surface area contributed by atoms with E-state index in [1.807, 2.05) is 6.07 Å². The lowest BCUT2D eigenvalue weighted by atomic mass is 10.2. The van der Waals surface area contributed by atoms with Crippen LogP contribution in [0.5, 0.6) is 0 Å². The lowest BCUT2D eigenvalue weighted by molar-refractivity contribution is 0.0525. The van der Waals surface area contributed by atoms with Crippen LogP contribution in [0.3, 0.4) is 0 Å². The maximum atomic E-state index is 11.3. The van der Waals surface area contributed by atoms with Crippen LogP contribution < -0.4 is 10.6 Å². The van der Waals surface area contributed by atoms with Crippen molar-refractivity contribution in [3.05, 3.63) is 12.7 Å². The van der Waals surface area contributed by atoms with Gasteiger partial charge in [0.25, 0.3) is 0 Å². The number of carbonyl (C=O) groups excluding carboxylic acids is 1. The van der Waals surface area contributed by atoms with E-state index in [4.69, 9.17) is 10.00 Å². The molecule has 1 unspecified atom stereocenters. The summed E-state index contributed by atoms with van der Waals surface area (Å²) in [7, 11) is 0. The van der Waals surface area contributed by atoms with Crippen molar-refractivity contribution < 1.29 is 9.53 Å². The molecule has 0 saturated heterocycles. The number of nitrogens with one attached hydrogen (secondary N) is 2. The summed E-state index contributed by atoms with van der Waals surface area (Å²) < 4.78 is 5.03. The molecule has 0 spiro atoms. The second-order valence-electron chi connectivity index (χ2n) is 4.26. The van der Waals surface area contributed by atoms with E-state index in [1.165, 1.54) is 0 Å². The smallest absolute Gasteiger partial charge is 0.407 e. The van der Waals surface area contributed by atoms with Crippen molar-refractivity contribution in [1.29, 1.82) is 5.26 Å². The molecule has 1 amide bonds. The first kappa shape index (κ1) is 14.5. The first-order valence-corrected chi connectivity index (χ1v) is 5.10. The molecular formula is C11H19N3O2. The third-order valence-electron chi connectivity index (χ3n) is 1.51. The average Bonchev–Trinajstić information content (AvgIpc) is 2.15. The normalized spacial score (nSPS) is 12.4. The summed E-state index contributed by atoms with van der Waals surface area (Å²) >= 11 is 0. The number of nitriles is 1. The van der Waals surface area contributed by atoms with Crippen LogP contribution >= 0.6 is 0 Å². The molecule has 0 bridgehead atoms. The Morgan fingerprint density at radius 2 is 2.25 bits per heavy atom. The number of amides is 1. The van der Waals surface area contributed by atoms with Gasteiger partial charge in [-0.1, -0.05) is 6.08 Å². The molecule has 0 saturated carbocycles. The van der Waals surface area contributed by atoms with Crippen LogP contribution in [0.2, 0.25) is 0 Å². The van der Waals surface area contributed by atoms with E-state index in [0.717, 1.165) is 0 Å². The molecule has 0 aliphatic rings. The second-order valence-corrected chi connectivity index (χ2v) is 4.26. The predicted octanol–water partition coefficient (Wildman–Crippen LogP) is 1.18. The Hall–Kier alpha value is -1.54. The van der Waals surface area contributed by atoms with Gasteiger partial charge >= 0.3 is 6.09 Å². The minimum absolute atomic E-state index is 0.208. The van der Waals surface area contributed by atoms with E-state index in [-0.39, 0.29) is 6.54 Å². The van der Waals surface area contributed by atoms with Gasteiger partial charge in [0, 0.05) is 13.1 Å². The fourth-order valence-electron chi connectivity index (χ4n) is 0.889.